The summed E-state index contributed by atoms with van der Waals surface area (Å²) in [5.41, 5.74) is 1.19. The van der Waals surface area contributed by atoms with Crippen molar-refractivity contribution in [2.45, 2.75) is 39.4 Å². The van der Waals surface area contributed by atoms with E-state index in [1.54, 1.807) is 31.2 Å². The zero-order valence-corrected chi connectivity index (χ0v) is 22.4. The Balaban J connectivity index is 2.36. The van der Waals surface area contributed by atoms with Gasteiger partial charge in [0.05, 0.1) is 11.9 Å². The number of anilines is 1. The minimum atomic E-state index is -3.74. The number of carbonyl (C=O) groups excluding carboxylic acids is 2. The summed E-state index contributed by atoms with van der Waals surface area (Å²) >= 11 is 6.71. The van der Waals surface area contributed by atoms with Crippen molar-refractivity contribution in [1.29, 1.82) is 0 Å². The summed E-state index contributed by atoms with van der Waals surface area (Å²) < 4.78 is 27.7. The van der Waals surface area contributed by atoms with Crippen LogP contribution in [0.3, 0.4) is 0 Å². The Morgan fingerprint density at radius 1 is 0.938 bits per heavy atom. The number of benzene rings is 2. The predicted octanol–water partition coefficient (Wildman–Crippen LogP) is 3.92. The van der Waals surface area contributed by atoms with Gasteiger partial charge in [-0.2, -0.15) is 0 Å². The third kappa shape index (κ3) is 7.60. The first-order valence-electron chi connectivity index (χ1n) is 9.96. The molecule has 1 atom stereocenters. The third-order valence-corrected chi connectivity index (χ3v) is 6.86. The molecule has 0 spiro atoms. The van der Waals surface area contributed by atoms with Crippen LogP contribution < -0.4 is 9.62 Å². The lowest BCUT2D eigenvalue weighted by Crippen LogP contribution is -2.52. The molecule has 0 radical (unpaired) electrons. The first-order valence-corrected chi connectivity index (χ1v) is 13.4. The quantitative estimate of drug-likeness (QED) is 0.481. The number of hydrogen-bond donors (Lipinski definition) is 1. The Morgan fingerprint density at radius 2 is 1.44 bits per heavy atom. The Morgan fingerprint density at radius 3 is 1.91 bits per heavy atom. The van der Waals surface area contributed by atoms with E-state index >= 15 is 0 Å². The zero-order chi connectivity index (χ0) is 24.1. The normalized spacial score (nSPS) is 12.3. The summed E-state index contributed by atoms with van der Waals surface area (Å²) in [6.07, 6.45) is 1.05. The van der Waals surface area contributed by atoms with Gasteiger partial charge in [-0.25, -0.2) is 8.42 Å². The Bertz CT molecular complexity index is 1040. The molecular weight excluding hydrogens is 562 g/mol. The van der Waals surface area contributed by atoms with E-state index in [-0.39, 0.29) is 18.5 Å². The maximum Gasteiger partial charge on any atom is 0.244 e. The molecule has 2 amide bonds. The molecule has 0 saturated carbocycles. The number of carbonyl (C=O) groups is 2. The molecule has 0 heterocycles. The van der Waals surface area contributed by atoms with Gasteiger partial charge in [-0.3, -0.25) is 13.9 Å². The van der Waals surface area contributed by atoms with Crippen molar-refractivity contribution in [1.82, 2.24) is 10.2 Å². The molecule has 0 bridgehead atoms. The van der Waals surface area contributed by atoms with Crippen LogP contribution in [0, 0.1) is 0 Å². The molecule has 10 heteroatoms. The molecule has 0 aliphatic heterocycles. The van der Waals surface area contributed by atoms with Gasteiger partial charge in [0, 0.05) is 21.5 Å². The second-order valence-corrected chi connectivity index (χ2v) is 11.5. The SMILES string of the molecule is CC(C)NC(=O)[C@@H](C)N(Cc1ccc(Br)cc1)C(=O)CN(c1ccc(Br)cc1)S(C)(=O)=O. The standard InChI is InChI=1S/C22H27Br2N3O4S/c1-15(2)25-22(29)16(3)26(13-17-5-7-18(23)8-6-17)21(28)14-27(32(4,30)31)20-11-9-19(24)10-12-20/h5-12,15-16H,13-14H2,1-4H3,(H,25,29)/t16-/m1/s1. The lowest BCUT2D eigenvalue weighted by Gasteiger charge is -2.32. The van der Waals surface area contributed by atoms with Gasteiger partial charge in [-0.1, -0.05) is 44.0 Å². The fraction of sp³-hybridized carbons (Fsp3) is 0.364. The van der Waals surface area contributed by atoms with Crippen molar-refractivity contribution in [3.8, 4) is 0 Å². The third-order valence-electron chi connectivity index (χ3n) is 4.66. The average Bonchev–Trinajstić information content (AvgIpc) is 2.70. The Labute approximate surface area is 206 Å². The number of halogens is 2. The molecule has 0 saturated heterocycles. The molecule has 2 rings (SSSR count). The lowest BCUT2D eigenvalue weighted by molar-refractivity contribution is -0.139. The van der Waals surface area contributed by atoms with Gasteiger partial charge in [0.1, 0.15) is 12.6 Å². The van der Waals surface area contributed by atoms with Crippen molar-refractivity contribution < 1.29 is 18.0 Å². The molecule has 0 unspecified atom stereocenters. The molecule has 0 aliphatic rings. The van der Waals surface area contributed by atoms with Crippen LogP contribution in [0.15, 0.2) is 57.5 Å². The van der Waals surface area contributed by atoms with Crippen LogP contribution in [-0.4, -0.2) is 50.0 Å². The summed E-state index contributed by atoms with van der Waals surface area (Å²) in [6, 6.07) is 13.2. The van der Waals surface area contributed by atoms with E-state index in [1.807, 2.05) is 38.1 Å². The van der Waals surface area contributed by atoms with Crippen LogP contribution in [0.5, 0.6) is 0 Å². The highest BCUT2D eigenvalue weighted by Gasteiger charge is 2.30. The first kappa shape index (κ1) is 26.3. The zero-order valence-electron chi connectivity index (χ0n) is 18.4. The molecular formula is C22H27Br2N3O4S. The van der Waals surface area contributed by atoms with Crippen molar-refractivity contribution in [2.24, 2.45) is 0 Å². The minimum absolute atomic E-state index is 0.0927. The van der Waals surface area contributed by atoms with Crippen molar-refractivity contribution >= 4 is 59.4 Å². The van der Waals surface area contributed by atoms with E-state index in [9.17, 15) is 18.0 Å². The van der Waals surface area contributed by atoms with Crippen LogP contribution in [0.2, 0.25) is 0 Å². The second-order valence-electron chi connectivity index (χ2n) is 7.73. The van der Waals surface area contributed by atoms with Gasteiger partial charge in [-0.15, -0.1) is 0 Å². The predicted molar refractivity (Wildman–Crippen MR) is 134 cm³/mol. The highest BCUT2D eigenvalue weighted by molar-refractivity contribution is 9.10. The van der Waals surface area contributed by atoms with Gasteiger partial charge >= 0.3 is 0 Å². The molecule has 0 aliphatic carbocycles. The number of sulfonamides is 1. The van der Waals surface area contributed by atoms with Gasteiger partial charge in [0.15, 0.2) is 0 Å². The summed E-state index contributed by atoms with van der Waals surface area (Å²) in [5.74, 6) is -0.785. The monoisotopic (exact) mass is 587 g/mol. The molecule has 174 valence electrons. The summed E-state index contributed by atoms with van der Waals surface area (Å²) in [5, 5.41) is 2.82. The van der Waals surface area contributed by atoms with Gasteiger partial charge in [0.2, 0.25) is 21.8 Å². The van der Waals surface area contributed by atoms with Crippen LogP contribution in [0.1, 0.15) is 26.3 Å². The van der Waals surface area contributed by atoms with Gasteiger partial charge in [-0.05, 0) is 62.7 Å². The number of hydrogen-bond acceptors (Lipinski definition) is 4. The van der Waals surface area contributed by atoms with Crippen molar-refractivity contribution in [3.05, 3.63) is 63.0 Å². The molecule has 1 N–H and O–H groups in total. The van der Waals surface area contributed by atoms with Gasteiger partial charge < -0.3 is 10.2 Å². The average molecular weight is 589 g/mol. The van der Waals surface area contributed by atoms with E-state index < -0.39 is 28.5 Å². The van der Waals surface area contributed by atoms with Crippen LogP contribution >= 0.6 is 31.9 Å². The van der Waals surface area contributed by atoms with Crippen LogP contribution in [0.25, 0.3) is 0 Å². The Hall–Kier alpha value is -1.91. The molecule has 7 nitrogen and oxygen atoms in total. The molecule has 0 fully saturated rings. The summed E-state index contributed by atoms with van der Waals surface area (Å²) in [7, 11) is -3.74. The van der Waals surface area contributed by atoms with E-state index in [0.29, 0.717) is 5.69 Å². The molecule has 2 aromatic rings. The van der Waals surface area contributed by atoms with Crippen LogP contribution in [-0.2, 0) is 26.2 Å². The highest BCUT2D eigenvalue weighted by Crippen LogP contribution is 2.22. The summed E-state index contributed by atoms with van der Waals surface area (Å²) in [6.45, 7) is 5.06. The van der Waals surface area contributed by atoms with E-state index in [0.717, 1.165) is 25.1 Å². The lowest BCUT2D eigenvalue weighted by atomic mass is 10.1. The van der Waals surface area contributed by atoms with E-state index in [2.05, 4.69) is 37.2 Å². The first-order chi connectivity index (χ1) is 14.9. The smallest absolute Gasteiger partial charge is 0.244 e. The number of nitrogens with one attached hydrogen (secondary N) is 1. The largest absolute Gasteiger partial charge is 0.352 e. The van der Waals surface area contributed by atoms with Crippen LogP contribution in [0.4, 0.5) is 5.69 Å². The number of rotatable bonds is 9. The van der Waals surface area contributed by atoms with E-state index in [4.69, 9.17) is 0 Å². The molecule has 0 aromatic heterocycles. The maximum absolute atomic E-state index is 13.4. The molecule has 32 heavy (non-hydrogen) atoms. The highest BCUT2D eigenvalue weighted by atomic mass is 79.9. The van der Waals surface area contributed by atoms with Gasteiger partial charge in [0.25, 0.3) is 0 Å². The molecule has 2 aromatic carbocycles. The van der Waals surface area contributed by atoms with Crippen molar-refractivity contribution in [3.63, 3.8) is 0 Å². The fourth-order valence-electron chi connectivity index (χ4n) is 3.00. The topological polar surface area (TPSA) is 86.8 Å². The van der Waals surface area contributed by atoms with E-state index in [1.165, 1.54) is 4.90 Å². The number of amides is 2. The number of nitrogens with zero attached hydrogens (tertiary/aromatic N) is 2. The maximum atomic E-state index is 13.4. The fourth-order valence-corrected chi connectivity index (χ4v) is 4.37. The summed E-state index contributed by atoms with van der Waals surface area (Å²) in [4.78, 5) is 27.4. The minimum Gasteiger partial charge on any atom is -0.352 e. The van der Waals surface area contributed by atoms with Crippen molar-refractivity contribution in [2.75, 3.05) is 17.1 Å². The second kappa shape index (κ2) is 11.3. The Kier molecular flexibility index (Phi) is 9.29.